The number of unbranched alkanes of at least 4 members (excludes halogenated alkanes) is 3. The van der Waals surface area contributed by atoms with E-state index in [1.54, 1.807) is 0 Å². The van der Waals surface area contributed by atoms with E-state index in [0.717, 1.165) is 43.7 Å². The lowest BCUT2D eigenvalue weighted by molar-refractivity contribution is -0.230. The smallest absolute Gasteiger partial charge is 0.354 e. The summed E-state index contributed by atoms with van der Waals surface area (Å²) in [5, 5.41) is 2.14. The Morgan fingerprint density at radius 2 is 1.70 bits per heavy atom. The molecule has 199 valence electrons. The molecule has 6 nitrogen and oxygen atoms in total. The summed E-state index contributed by atoms with van der Waals surface area (Å²) >= 11 is 8.13. The Hall–Kier alpha value is 0.630. The Morgan fingerprint density at radius 1 is 1.06 bits per heavy atom. The lowest BCUT2D eigenvalue weighted by Gasteiger charge is -2.34. The molecule has 0 saturated carbocycles. The number of thioether (sulfide) groups is 2. The second kappa shape index (κ2) is 17.1. The Morgan fingerprint density at radius 3 is 2.21 bits per heavy atom. The predicted octanol–water partition coefficient (Wildman–Crippen LogP) is 5.34. The summed E-state index contributed by atoms with van der Waals surface area (Å²) in [5.74, 6) is 0.129. The van der Waals surface area contributed by atoms with Crippen LogP contribution in [0.5, 0.6) is 0 Å². The van der Waals surface area contributed by atoms with Gasteiger partial charge < -0.3 is 9.57 Å². The topological polar surface area (TPSA) is 76.7 Å². The molecule has 0 aliphatic heterocycles. The van der Waals surface area contributed by atoms with Crippen LogP contribution in [0.4, 0.5) is 13.2 Å². The molecule has 0 rings (SSSR count). The van der Waals surface area contributed by atoms with Gasteiger partial charge in [-0.05, 0) is 18.8 Å². The molecule has 0 aromatic carbocycles. The zero-order valence-electron chi connectivity index (χ0n) is 20.2. The molecule has 0 aliphatic carbocycles. The van der Waals surface area contributed by atoms with Gasteiger partial charge in [0.05, 0.1) is 17.7 Å². The first-order valence-electron chi connectivity index (χ1n) is 11.2. The minimum atomic E-state index is -4.59. The zero-order chi connectivity index (χ0) is 25.5. The quantitative estimate of drug-likeness (QED) is 0.118. The summed E-state index contributed by atoms with van der Waals surface area (Å²) in [7, 11) is -3.23. The van der Waals surface area contributed by atoms with Crippen molar-refractivity contribution in [2.24, 2.45) is 5.92 Å². The van der Waals surface area contributed by atoms with E-state index in [2.05, 4.69) is 10.8 Å². The Balaban J connectivity index is 5.31. The zero-order valence-corrected chi connectivity index (χ0v) is 23.5. The normalized spacial score (nSPS) is 16.7. The summed E-state index contributed by atoms with van der Waals surface area (Å²) in [6.45, 7) is 8.19. The van der Waals surface area contributed by atoms with Gasteiger partial charge in [-0.1, -0.05) is 59.6 Å². The molecule has 0 saturated heterocycles. The van der Waals surface area contributed by atoms with Crippen molar-refractivity contribution in [2.75, 3.05) is 37.5 Å². The molecule has 3 atom stereocenters. The van der Waals surface area contributed by atoms with Gasteiger partial charge in [-0.3, -0.25) is 5.32 Å². The number of hydrogen-bond donors (Lipinski definition) is 2. The molecule has 0 bridgehead atoms. The Bertz CT molecular complexity index is 613. The number of sulfone groups is 1. The fourth-order valence-corrected chi connectivity index (χ4v) is 6.82. The van der Waals surface area contributed by atoms with E-state index >= 15 is 0 Å². The van der Waals surface area contributed by atoms with Crippen LogP contribution in [0, 0.1) is 5.92 Å². The van der Waals surface area contributed by atoms with Gasteiger partial charge in [0.25, 0.3) is 0 Å². The van der Waals surface area contributed by atoms with Gasteiger partial charge >= 0.3 is 6.18 Å². The van der Waals surface area contributed by atoms with E-state index in [0.29, 0.717) is 13.0 Å². The minimum absolute atomic E-state index is 0.00868. The average molecular weight is 558 g/mol. The highest BCUT2D eigenvalue weighted by Gasteiger charge is 2.43. The first-order valence-corrected chi connectivity index (χ1v) is 15.6. The van der Waals surface area contributed by atoms with Crippen LogP contribution < -0.4 is 10.8 Å². The third-order valence-corrected chi connectivity index (χ3v) is 9.34. The van der Waals surface area contributed by atoms with Gasteiger partial charge in [0.2, 0.25) is 6.23 Å². The molecule has 1 radical (unpaired) electrons. The summed E-state index contributed by atoms with van der Waals surface area (Å²) < 4.78 is 67.5. The molecule has 2 N–H and O–H groups in total. The number of halogens is 3. The summed E-state index contributed by atoms with van der Waals surface area (Å²) in [4.78, 5) is 5.51. The van der Waals surface area contributed by atoms with Crippen LogP contribution in [0.15, 0.2) is 0 Å². The van der Waals surface area contributed by atoms with Crippen molar-refractivity contribution in [1.29, 1.82) is 0 Å². The summed E-state index contributed by atoms with van der Waals surface area (Å²) in [5.41, 5.74) is 2.97. The molecule has 0 aromatic heterocycles. The van der Waals surface area contributed by atoms with Crippen molar-refractivity contribution in [3.8, 4) is 0 Å². The van der Waals surface area contributed by atoms with E-state index < -0.39 is 25.7 Å². The van der Waals surface area contributed by atoms with Gasteiger partial charge in [0.15, 0.2) is 0 Å². The maximum atomic E-state index is 13.5. The van der Waals surface area contributed by atoms with E-state index in [9.17, 15) is 21.6 Å². The maximum absolute atomic E-state index is 13.5. The van der Waals surface area contributed by atoms with Crippen molar-refractivity contribution in [2.45, 2.75) is 81.0 Å². The molecule has 3 unspecified atom stereocenters. The highest BCUT2D eigenvalue weighted by Crippen LogP contribution is 2.44. The number of nitrogens with one attached hydrogen (secondary N) is 2. The van der Waals surface area contributed by atoms with Crippen molar-refractivity contribution < 1.29 is 31.2 Å². The van der Waals surface area contributed by atoms with E-state index in [-0.39, 0.29) is 35.9 Å². The van der Waals surface area contributed by atoms with E-state index in [1.807, 2.05) is 27.7 Å². The van der Waals surface area contributed by atoms with Crippen LogP contribution in [0.2, 0.25) is 0 Å². The number of hydrogen-bond acceptors (Lipinski definition) is 8. The number of ether oxygens (including phenoxy) is 1. The van der Waals surface area contributed by atoms with Crippen LogP contribution >= 0.6 is 36.2 Å². The SMILES string of the molecule is CCCCCOC(NCC([S])(SCCS(C)(=O)=O)SC(NOCCCC)C(C)C)C(F)(F)F. The standard InChI is InChI=1S/C20H40F3N2O4S4/c1-6-8-10-11-28-18(20(21,22)23)24-15-19(30,31-13-14-33(5,26)27)32-17(16(3)4)25-29-12-9-7-2/h16-18,24-25H,6-15H2,1-5H3. The monoisotopic (exact) mass is 557 g/mol. The van der Waals surface area contributed by atoms with Gasteiger partial charge in [-0.15, -0.1) is 23.5 Å². The van der Waals surface area contributed by atoms with Crippen LogP contribution in [-0.2, 0) is 19.4 Å². The van der Waals surface area contributed by atoms with E-state index in [1.165, 1.54) is 11.8 Å². The second-order valence-corrected chi connectivity index (χ2v) is 14.7. The first-order chi connectivity index (χ1) is 15.2. The molecule has 0 fully saturated rings. The number of hydroxylamine groups is 1. The lowest BCUT2D eigenvalue weighted by Crippen LogP contribution is -2.49. The molecule has 0 amide bonds. The fraction of sp³-hybridized carbons (Fsp3) is 1.00. The summed E-state index contributed by atoms with van der Waals surface area (Å²) in [6.07, 6.45) is -1.58. The third kappa shape index (κ3) is 17.7. The first kappa shape index (κ1) is 33.6. The van der Waals surface area contributed by atoms with Gasteiger partial charge in [0.1, 0.15) is 13.2 Å². The Kier molecular flexibility index (Phi) is 17.5. The lowest BCUT2D eigenvalue weighted by atomic mass is 10.2. The highest BCUT2D eigenvalue weighted by molar-refractivity contribution is 8.29. The molecule has 0 heterocycles. The fourth-order valence-electron chi connectivity index (χ4n) is 2.36. The molecule has 0 aliphatic rings. The van der Waals surface area contributed by atoms with Crippen molar-refractivity contribution in [1.82, 2.24) is 10.8 Å². The van der Waals surface area contributed by atoms with Gasteiger partial charge in [-0.2, -0.15) is 18.7 Å². The number of rotatable bonds is 20. The number of alkyl halides is 3. The minimum Gasteiger partial charge on any atom is -0.354 e. The molecule has 0 spiro atoms. The van der Waals surface area contributed by atoms with Crippen LogP contribution in [0.3, 0.4) is 0 Å². The predicted molar refractivity (Wildman–Crippen MR) is 136 cm³/mol. The van der Waals surface area contributed by atoms with Gasteiger partial charge in [0, 0.05) is 25.2 Å². The van der Waals surface area contributed by atoms with Crippen LogP contribution in [0.25, 0.3) is 0 Å². The molecule has 0 aromatic rings. The van der Waals surface area contributed by atoms with Gasteiger partial charge in [-0.25, -0.2) is 8.42 Å². The van der Waals surface area contributed by atoms with E-state index in [4.69, 9.17) is 22.2 Å². The maximum Gasteiger partial charge on any atom is 0.428 e. The second-order valence-electron chi connectivity index (χ2n) is 8.14. The molecule has 13 heteroatoms. The Labute approximate surface area is 211 Å². The largest absolute Gasteiger partial charge is 0.428 e. The average Bonchev–Trinajstić information content (AvgIpc) is 2.67. The van der Waals surface area contributed by atoms with Crippen LogP contribution in [0.1, 0.15) is 59.8 Å². The third-order valence-electron chi connectivity index (χ3n) is 4.32. The van der Waals surface area contributed by atoms with Crippen LogP contribution in [-0.4, -0.2) is 67.1 Å². The summed E-state index contributed by atoms with van der Waals surface area (Å²) in [6, 6.07) is 0. The van der Waals surface area contributed by atoms with Crippen molar-refractivity contribution in [3.63, 3.8) is 0 Å². The highest BCUT2D eigenvalue weighted by atomic mass is 32.3. The molecular weight excluding hydrogens is 517 g/mol. The molecular formula is C20H40F3N2O4S4. The van der Waals surface area contributed by atoms with Crippen molar-refractivity contribution >= 4 is 46.0 Å². The van der Waals surface area contributed by atoms with Crippen molar-refractivity contribution in [3.05, 3.63) is 0 Å². The molecule has 33 heavy (non-hydrogen) atoms.